The summed E-state index contributed by atoms with van der Waals surface area (Å²) in [4.78, 5) is 9.22. The number of anilines is 2. The zero-order chi connectivity index (χ0) is 17.6. The van der Waals surface area contributed by atoms with Gasteiger partial charge in [0.25, 0.3) is 0 Å². The van der Waals surface area contributed by atoms with Gasteiger partial charge in [-0.05, 0) is 43.9 Å². The number of thiocarbonyl (C=S) groups is 1. The van der Waals surface area contributed by atoms with Gasteiger partial charge < -0.3 is 20.4 Å². The lowest BCUT2D eigenvalue weighted by Gasteiger charge is -2.33. The van der Waals surface area contributed by atoms with Gasteiger partial charge in [0.1, 0.15) is 5.82 Å². The summed E-state index contributed by atoms with van der Waals surface area (Å²) in [5.74, 6) is 1.03. The first kappa shape index (κ1) is 17.6. The molecule has 2 heterocycles. The van der Waals surface area contributed by atoms with Crippen molar-refractivity contribution in [2.24, 2.45) is 0 Å². The third-order valence-corrected chi connectivity index (χ3v) is 4.65. The number of nitrogens with zero attached hydrogens (tertiary/aromatic N) is 3. The number of likely N-dealkylation sites (N-methyl/N-ethyl adjacent to an activating group) is 1. The zero-order valence-electron chi connectivity index (χ0n) is 14.8. The number of piperazine rings is 1. The van der Waals surface area contributed by atoms with Crippen LogP contribution in [0.2, 0.25) is 0 Å². The predicted molar refractivity (Wildman–Crippen MR) is 108 cm³/mol. The number of benzene rings is 1. The van der Waals surface area contributed by atoms with Crippen LogP contribution in [0.15, 0.2) is 42.6 Å². The van der Waals surface area contributed by atoms with Crippen LogP contribution < -0.4 is 15.5 Å². The first-order valence-corrected chi connectivity index (χ1v) is 9.01. The molecule has 0 amide bonds. The molecule has 0 unspecified atom stereocenters. The standard InChI is InChI=1S/C19H25N5S/c1-15-3-5-16(6-4-15)13-21-19(25)22-17-7-8-18(20-14-17)24-11-9-23(2)10-12-24/h3-8,14H,9-13H2,1-2H3,(H2,21,22,25). The summed E-state index contributed by atoms with van der Waals surface area (Å²) in [5.41, 5.74) is 3.37. The van der Waals surface area contributed by atoms with E-state index in [9.17, 15) is 0 Å². The molecule has 2 N–H and O–H groups in total. The van der Waals surface area contributed by atoms with Crippen molar-refractivity contribution in [3.05, 3.63) is 53.7 Å². The highest BCUT2D eigenvalue weighted by Gasteiger charge is 2.14. The molecule has 1 saturated heterocycles. The van der Waals surface area contributed by atoms with Crippen molar-refractivity contribution in [1.82, 2.24) is 15.2 Å². The van der Waals surface area contributed by atoms with E-state index in [0.29, 0.717) is 11.7 Å². The summed E-state index contributed by atoms with van der Waals surface area (Å²) in [6, 6.07) is 12.5. The maximum atomic E-state index is 5.37. The van der Waals surface area contributed by atoms with Gasteiger partial charge in [0, 0.05) is 32.7 Å². The van der Waals surface area contributed by atoms with E-state index >= 15 is 0 Å². The third-order valence-electron chi connectivity index (χ3n) is 4.41. The van der Waals surface area contributed by atoms with Gasteiger partial charge in [-0.1, -0.05) is 29.8 Å². The van der Waals surface area contributed by atoms with Crippen LogP contribution in [0.3, 0.4) is 0 Å². The van der Waals surface area contributed by atoms with Crippen LogP contribution >= 0.6 is 12.2 Å². The second-order valence-corrected chi connectivity index (χ2v) is 6.90. The molecule has 0 spiro atoms. The molecule has 1 aromatic carbocycles. The van der Waals surface area contributed by atoms with Crippen LogP contribution in [0.1, 0.15) is 11.1 Å². The summed E-state index contributed by atoms with van der Waals surface area (Å²) >= 11 is 5.37. The van der Waals surface area contributed by atoms with Crippen molar-refractivity contribution in [1.29, 1.82) is 0 Å². The summed E-state index contributed by atoms with van der Waals surface area (Å²) < 4.78 is 0. The highest BCUT2D eigenvalue weighted by Crippen LogP contribution is 2.15. The highest BCUT2D eigenvalue weighted by molar-refractivity contribution is 7.80. The molecule has 5 nitrogen and oxygen atoms in total. The number of rotatable bonds is 4. The number of pyridine rings is 1. The molecule has 1 aliphatic rings. The predicted octanol–water partition coefficient (Wildman–Crippen LogP) is 2.63. The molecule has 3 rings (SSSR count). The Hall–Kier alpha value is -2.18. The van der Waals surface area contributed by atoms with E-state index in [1.54, 1.807) is 0 Å². The molecule has 0 atom stereocenters. The van der Waals surface area contributed by atoms with Gasteiger partial charge in [0.2, 0.25) is 0 Å². The minimum atomic E-state index is 0.606. The average Bonchev–Trinajstić information content (AvgIpc) is 2.63. The SMILES string of the molecule is Cc1ccc(CNC(=S)Nc2ccc(N3CCN(C)CC3)nc2)cc1. The molecule has 0 saturated carbocycles. The molecule has 0 aliphatic carbocycles. The minimum Gasteiger partial charge on any atom is -0.358 e. The topological polar surface area (TPSA) is 43.4 Å². The van der Waals surface area contributed by atoms with Crippen molar-refractivity contribution in [2.75, 3.05) is 43.4 Å². The first-order valence-electron chi connectivity index (χ1n) is 8.60. The molecule has 0 bridgehead atoms. The zero-order valence-corrected chi connectivity index (χ0v) is 15.6. The van der Waals surface area contributed by atoms with Crippen molar-refractivity contribution < 1.29 is 0 Å². The Balaban J connectivity index is 1.49. The van der Waals surface area contributed by atoms with E-state index in [1.165, 1.54) is 11.1 Å². The smallest absolute Gasteiger partial charge is 0.171 e. The number of hydrogen-bond donors (Lipinski definition) is 2. The molecular weight excluding hydrogens is 330 g/mol. The summed E-state index contributed by atoms with van der Waals surface area (Å²) in [7, 11) is 2.16. The first-order chi connectivity index (χ1) is 12.1. The highest BCUT2D eigenvalue weighted by atomic mass is 32.1. The minimum absolute atomic E-state index is 0.606. The largest absolute Gasteiger partial charge is 0.358 e. The molecule has 1 fully saturated rings. The van der Waals surface area contributed by atoms with Gasteiger partial charge >= 0.3 is 0 Å². The lowest BCUT2D eigenvalue weighted by molar-refractivity contribution is 0.312. The molecule has 1 aliphatic heterocycles. The molecule has 6 heteroatoms. The molecule has 25 heavy (non-hydrogen) atoms. The van der Waals surface area contributed by atoms with Crippen LogP contribution in [-0.4, -0.2) is 48.2 Å². The Morgan fingerprint density at radius 3 is 2.44 bits per heavy atom. The van der Waals surface area contributed by atoms with Gasteiger partial charge in [0.05, 0.1) is 11.9 Å². The summed E-state index contributed by atoms with van der Waals surface area (Å²) in [6.07, 6.45) is 1.84. The Bertz CT molecular complexity index is 691. The maximum absolute atomic E-state index is 5.37. The van der Waals surface area contributed by atoms with E-state index in [-0.39, 0.29) is 0 Å². The average molecular weight is 356 g/mol. The van der Waals surface area contributed by atoms with Gasteiger partial charge in [-0.3, -0.25) is 0 Å². The monoisotopic (exact) mass is 355 g/mol. The van der Waals surface area contributed by atoms with Gasteiger partial charge in [-0.2, -0.15) is 0 Å². The second-order valence-electron chi connectivity index (χ2n) is 6.49. The Kier molecular flexibility index (Phi) is 5.83. The van der Waals surface area contributed by atoms with Crippen molar-refractivity contribution in [3.8, 4) is 0 Å². The third kappa shape index (κ3) is 5.14. The normalized spacial score (nSPS) is 15.0. The molecule has 132 valence electrons. The van der Waals surface area contributed by atoms with Gasteiger partial charge in [0.15, 0.2) is 5.11 Å². The van der Waals surface area contributed by atoms with Gasteiger partial charge in [-0.15, -0.1) is 0 Å². The van der Waals surface area contributed by atoms with Crippen LogP contribution in [0.5, 0.6) is 0 Å². The van der Waals surface area contributed by atoms with E-state index in [2.05, 4.69) is 69.7 Å². The van der Waals surface area contributed by atoms with Crippen LogP contribution in [0, 0.1) is 6.92 Å². The Morgan fingerprint density at radius 1 is 1.08 bits per heavy atom. The summed E-state index contributed by atoms with van der Waals surface area (Å²) in [6.45, 7) is 6.99. The van der Waals surface area contributed by atoms with Crippen molar-refractivity contribution >= 4 is 28.8 Å². The molecular formula is C19H25N5S. The molecule has 0 radical (unpaired) electrons. The fourth-order valence-corrected chi connectivity index (χ4v) is 2.94. The maximum Gasteiger partial charge on any atom is 0.171 e. The molecule has 2 aromatic rings. The van der Waals surface area contributed by atoms with Crippen LogP contribution in [-0.2, 0) is 6.54 Å². The Morgan fingerprint density at radius 2 is 1.80 bits per heavy atom. The quantitative estimate of drug-likeness (QED) is 0.822. The lowest BCUT2D eigenvalue weighted by atomic mass is 10.1. The molecule has 1 aromatic heterocycles. The number of nitrogens with one attached hydrogen (secondary N) is 2. The second kappa shape index (κ2) is 8.27. The Labute approximate surface area is 155 Å². The van der Waals surface area contributed by atoms with Crippen LogP contribution in [0.25, 0.3) is 0 Å². The van der Waals surface area contributed by atoms with E-state index in [1.807, 2.05) is 12.3 Å². The van der Waals surface area contributed by atoms with Crippen molar-refractivity contribution in [2.45, 2.75) is 13.5 Å². The van der Waals surface area contributed by atoms with Gasteiger partial charge in [-0.25, -0.2) is 4.98 Å². The lowest BCUT2D eigenvalue weighted by Crippen LogP contribution is -2.44. The van der Waals surface area contributed by atoms with E-state index in [0.717, 1.165) is 37.7 Å². The number of aromatic nitrogens is 1. The van der Waals surface area contributed by atoms with Crippen LogP contribution in [0.4, 0.5) is 11.5 Å². The number of hydrogen-bond acceptors (Lipinski definition) is 4. The van der Waals surface area contributed by atoms with Crippen molar-refractivity contribution in [3.63, 3.8) is 0 Å². The van der Waals surface area contributed by atoms with E-state index < -0.39 is 0 Å². The number of aryl methyl sites for hydroxylation is 1. The fourth-order valence-electron chi connectivity index (χ4n) is 2.75. The summed E-state index contributed by atoms with van der Waals surface area (Å²) in [5, 5.41) is 7.02. The fraction of sp³-hybridized carbons (Fsp3) is 0.368. The van der Waals surface area contributed by atoms with E-state index in [4.69, 9.17) is 12.2 Å².